The highest BCUT2D eigenvalue weighted by Gasteiger charge is 2.10. The predicted octanol–water partition coefficient (Wildman–Crippen LogP) is 1.91. The molecule has 26 heavy (non-hydrogen) atoms. The molecule has 2 aromatic heterocycles. The molecule has 134 valence electrons. The maximum atomic E-state index is 12.3. The van der Waals surface area contributed by atoms with Crippen molar-refractivity contribution in [2.75, 3.05) is 6.26 Å². The monoisotopic (exact) mass is 370 g/mol. The summed E-state index contributed by atoms with van der Waals surface area (Å²) in [6.07, 6.45) is 2.94. The van der Waals surface area contributed by atoms with Gasteiger partial charge in [-0.1, -0.05) is 18.2 Å². The lowest BCUT2D eigenvalue weighted by Gasteiger charge is -2.07. The molecule has 0 aliphatic heterocycles. The Morgan fingerprint density at radius 3 is 2.46 bits per heavy atom. The van der Waals surface area contributed by atoms with Crippen LogP contribution in [0.5, 0.6) is 0 Å². The van der Waals surface area contributed by atoms with Crippen molar-refractivity contribution in [1.29, 1.82) is 0 Å². The van der Waals surface area contributed by atoms with Gasteiger partial charge in [-0.2, -0.15) is 5.10 Å². The average molecular weight is 370 g/mol. The molecule has 3 aromatic rings. The topological polar surface area (TPSA) is 94.0 Å². The fourth-order valence-electron chi connectivity index (χ4n) is 2.35. The third kappa shape index (κ3) is 4.15. The van der Waals surface area contributed by atoms with Gasteiger partial charge >= 0.3 is 0 Å². The van der Waals surface area contributed by atoms with Crippen molar-refractivity contribution >= 4 is 15.7 Å². The van der Waals surface area contributed by atoms with Crippen LogP contribution in [-0.2, 0) is 16.4 Å². The molecule has 1 amide bonds. The fraction of sp³-hybridized carbons (Fsp3) is 0.167. The minimum Gasteiger partial charge on any atom is -0.347 e. The van der Waals surface area contributed by atoms with Crippen LogP contribution in [0.15, 0.2) is 59.6 Å². The second-order valence-corrected chi connectivity index (χ2v) is 7.90. The van der Waals surface area contributed by atoms with Crippen LogP contribution in [-0.4, -0.2) is 35.3 Å². The van der Waals surface area contributed by atoms with Crippen LogP contribution in [0.4, 0.5) is 0 Å². The molecule has 3 rings (SSSR count). The maximum absolute atomic E-state index is 12.3. The van der Waals surface area contributed by atoms with Crippen LogP contribution >= 0.6 is 0 Å². The molecule has 0 unspecified atom stereocenters. The van der Waals surface area contributed by atoms with Crippen LogP contribution in [0.2, 0.25) is 0 Å². The molecule has 1 N–H and O–H groups in total. The molecule has 0 saturated carbocycles. The van der Waals surface area contributed by atoms with Gasteiger partial charge in [0.1, 0.15) is 5.69 Å². The molecule has 7 nitrogen and oxygen atoms in total. The smallest absolute Gasteiger partial charge is 0.270 e. The summed E-state index contributed by atoms with van der Waals surface area (Å²) in [5.74, 6) is 0.242. The molecule has 0 atom stereocenters. The standard InChI is InChI=1S/C18H18N4O3S/c1-13-10-11-22(21-13)17-5-3-4-16(20-17)18(23)19-12-14-6-8-15(9-7-14)26(2,24)25/h3-11H,12H2,1-2H3,(H,19,23). The Balaban J connectivity index is 1.69. The van der Waals surface area contributed by atoms with Crippen molar-refractivity contribution in [3.8, 4) is 5.82 Å². The Morgan fingerprint density at radius 1 is 1.12 bits per heavy atom. The molecule has 0 fully saturated rings. The molecular formula is C18H18N4O3S. The summed E-state index contributed by atoms with van der Waals surface area (Å²) < 4.78 is 24.5. The Morgan fingerprint density at radius 2 is 1.85 bits per heavy atom. The fourth-order valence-corrected chi connectivity index (χ4v) is 2.98. The molecular weight excluding hydrogens is 352 g/mol. The van der Waals surface area contributed by atoms with Gasteiger partial charge in [0.15, 0.2) is 15.7 Å². The van der Waals surface area contributed by atoms with E-state index in [0.717, 1.165) is 17.5 Å². The summed E-state index contributed by atoms with van der Waals surface area (Å²) in [5, 5.41) is 7.05. The summed E-state index contributed by atoms with van der Waals surface area (Å²) in [6.45, 7) is 2.15. The number of carbonyl (C=O) groups excluding carboxylic acids is 1. The van der Waals surface area contributed by atoms with E-state index in [-0.39, 0.29) is 23.0 Å². The summed E-state index contributed by atoms with van der Waals surface area (Å²) >= 11 is 0. The van der Waals surface area contributed by atoms with E-state index in [1.807, 2.05) is 13.0 Å². The number of amides is 1. The van der Waals surface area contributed by atoms with Crippen molar-refractivity contribution < 1.29 is 13.2 Å². The summed E-state index contributed by atoms with van der Waals surface area (Å²) in [7, 11) is -3.23. The number of sulfone groups is 1. The number of hydrogen-bond donors (Lipinski definition) is 1. The van der Waals surface area contributed by atoms with Gasteiger partial charge < -0.3 is 5.32 Å². The van der Waals surface area contributed by atoms with E-state index in [0.29, 0.717) is 5.82 Å². The van der Waals surface area contributed by atoms with E-state index in [4.69, 9.17) is 0 Å². The number of rotatable bonds is 5. The Kier molecular flexibility index (Phi) is 4.85. The third-order valence-corrected chi connectivity index (χ3v) is 4.86. The molecule has 8 heteroatoms. The largest absolute Gasteiger partial charge is 0.347 e. The van der Waals surface area contributed by atoms with Crippen LogP contribution in [0.3, 0.4) is 0 Å². The Labute approximate surface area is 151 Å². The second kappa shape index (κ2) is 7.09. The van der Waals surface area contributed by atoms with E-state index in [1.54, 1.807) is 41.2 Å². The van der Waals surface area contributed by atoms with Crippen molar-refractivity contribution in [3.05, 3.63) is 71.7 Å². The zero-order valence-corrected chi connectivity index (χ0v) is 15.2. The van der Waals surface area contributed by atoms with Crippen LogP contribution in [0, 0.1) is 6.92 Å². The van der Waals surface area contributed by atoms with Gasteiger partial charge in [-0.3, -0.25) is 4.79 Å². The average Bonchev–Trinajstić information content (AvgIpc) is 3.06. The normalized spacial score (nSPS) is 11.3. The minimum atomic E-state index is -3.23. The number of aryl methyl sites for hydroxylation is 1. The van der Waals surface area contributed by atoms with Crippen molar-refractivity contribution in [1.82, 2.24) is 20.1 Å². The SMILES string of the molecule is Cc1ccn(-c2cccc(C(=O)NCc3ccc(S(C)(=O)=O)cc3)n2)n1. The van der Waals surface area contributed by atoms with Gasteiger partial charge in [-0.25, -0.2) is 18.1 Å². The van der Waals surface area contributed by atoms with E-state index >= 15 is 0 Å². The third-order valence-electron chi connectivity index (χ3n) is 3.73. The van der Waals surface area contributed by atoms with Gasteiger partial charge in [-0.05, 0) is 42.8 Å². The molecule has 0 bridgehead atoms. The van der Waals surface area contributed by atoms with Crippen molar-refractivity contribution in [2.24, 2.45) is 0 Å². The lowest BCUT2D eigenvalue weighted by Crippen LogP contribution is -2.24. The molecule has 2 heterocycles. The maximum Gasteiger partial charge on any atom is 0.270 e. The summed E-state index contributed by atoms with van der Waals surface area (Å²) in [4.78, 5) is 16.9. The Hall–Kier alpha value is -3.00. The number of nitrogens with zero attached hydrogens (tertiary/aromatic N) is 3. The van der Waals surface area contributed by atoms with Gasteiger partial charge in [0.25, 0.3) is 5.91 Å². The van der Waals surface area contributed by atoms with Crippen LogP contribution < -0.4 is 5.32 Å². The van der Waals surface area contributed by atoms with Gasteiger partial charge in [0.2, 0.25) is 0 Å². The minimum absolute atomic E-state index is 0.247. The lowest BCUT2D eigenvalue weighted by molar-refractivity contribution is 0.0946. The number of nitrogens with one attached hydrogen (secondary N) is 1. The quantitative estimate of drug-likeness (QED) is 0.740. The van der Waals surface area contributed by atoms with Gasteiger partial charge in [0.05, 0.1) is 10.6 Å². The number of aromatic nitrogens is 3. The number of carbonyl (C=O) groups is 1. The lowest BCUT2D eigenvalue weighted by atomic mass is 10.2. The van der Waals surface area contributed by atoms with Crippen molar-refractivity contribution in [3.63, 3.8) is 0 Å². The first kappa shape index (κ1) is 17.8. The van der Waals surface area contributed by atoms with E-state index in [2.05, 4.69) is 15.4 Å². The molecule has 1 aromatic carbocycles. The van der Waals surface area contributed by atoms with E-state index in [1.165, 1.54) is 12.1 Å². The first-order valence-corrected chi connectivity index (χ1v) is 9.79. The Bertz CT molecular complexity index is 1040. The summed E-state index contributed by atoms with van der Waals surface area (Å²) in [5.41, 5.74) is 1.94. The van der Waals surface area contributed by atoms with E-state index < -0.39 is 9.84 Å². The highest BCUT2D eigenvalue weighted by molar-refractivity contribution is 7.90. The first-order valence-electron chi connectivity index (χ1n) is 7.90. The molecule has 0 radical (unpaired) electrons. The summed E-state index contributed by atoms with van der Waals surface area (Å²) in [6, 6.07) is 13.4. The first-order chi connectivity index (χ1) is 12.3. The highest BCUT2D eigenvalue weighted by Crippen LogP contribution is 2.11. The molecule has 0 aliphatic rings. The number of pyridine rings is 1. The molecule has 0 aliphatic carbocycles. The molecule has 0 saturated heterocycles. The highest BCUT2D eigenvalue weighted by atomic mass is 32.2. The van der Waals surface area contributed by atoms with Gasteiger partial charge in [0, 0.05) is 19.0 Å². The zero-order chi connectivity index (χ0) is 18.7. The zero-order valence-electron chi connectivity index (χ0n) is 14.4. The number of benzene rings is 1. The predicted molar refractivity (Wildman–Crippen MR) is 96.8 cm³/mol. The van der Waals surface area contributed by atoms with E-state index in [9.17, 15) is 13.2 Å². The second-order valence-electron chi connectivity index (χ2n) is 5.88. The van der Waals surface area contributed by atoms with Crippen LogP contribution in [0.1, 0.15) is 21.7 Å². The van der Waals surface area contributed by atoms with Crippen LogP contribution in [0.25, 0.3) is 5.82 Å². The van der Waals surface area contributed by atoms with Crippen molar-refractivity contribution in [2.45, 2.75) is 18.4 Å². The molecule has 0 spiro atoms. The number of hydrogen-bond acceptors (Lipinski definition) is 5. The van der Waals surface area contributed by atoms with Gasteiger partial charge in [-0.15, -0.1) is 0 Å².